The summed E-state index contributed by atoms with van der Waals surface area (Å²) in [7, 11) is 6.47. The number of fused-ring (bicyclic) bond motifs is 4. The van der Waals surface area contributed by atoms with Crippen molar-refractivity contribution in [1.29, 1.82) is 0 Å². The highest BCUT2D eigenvalue weighted by Crippen LogP contribution is 2.51. The fourth-order valence-electron chi connectivity index (χ4n) is 4.67. The molecule has 0 amide bonds. The van der Waals surface area contributed by atoms with E-state index in [0.29, 0.717) is 17.2 Å². The highest BCUT2D eigenvalue weighted by Gasteiger charge is 2.38. The molecule has 0 aromatic heterocycles. The van der Waals surface area contributed by atoms with Gasteiger partial charge in [0.1, 0.15) is 0 Å². The van der Waals surface area contributed by atoms with Crippen LogP contribution < -0.4 is 23.7 Å². The number of nitrogens with zero attached hydrogens (tertiary/aromatic N) is 1. The Hall–Kier alpha value is -2.93. The zero-order chi connectivity index (χ0) is 21.4. The summed E-state index contributed by atoms with van der Waals surface area (Å²) in [6.07, 6.45) is 1.59. The van der Waals surface area contributed by atoms with Gasteiger partial charge in [0.15, 0.2) is 23.0 Å². The monoisotopic (exact) mass is 413 g/mol. The van der Waals surface area contributed by atoms with E-state index in [2.05, 4.69) is 11.0 Å². The molecule has 4 rings (SSSR count). The summed E-state index contributed by atoms with van der Waals surface area (Å²) >= 11 is 0. The van der Waals surface area contributed by atoms with E-state index in [4.69, 9.17) is 23.7 Å². The molecule has 0 saturated heterocycles. The zero-order valence-corrected chi connectivity index (χ0v) is 18.0. The van der Waals surface area contributed by atoms with Crippen molar-refractivity contribution >= 4 is 5.97 Å². The van der Waals surface area contributed by atoms with E-state index in [1.807, 2.05) is 12.1 Å². The van der Waals surface area contributed by atoms with Crippen molar-refractivity contribution in [1.82, 2.24) is 4.90 Å². The normalized spacial score (nSPS) is 17.3. The molecule has 7 nitrogen and oxygen atoms in total. The van der Waals surface area contributed by atoms with Gasteiger partial charge in [0.2, 0.25) is 5.75 Å². The maximum Gasteiger partial charge on any atom is 0.308 e. The van der Waals surface area contributed by atoms with Gasteiger partial charge >= 0.3 is 5.97 Å². The molecule has 2 aromatic rings. The van der Waals surface area contributed by atoms with Crippen LogP contribution in [0.15, 0.2) is 18.2 Å². The smallest absolute Gasteiger partial charge is 0.308 e. The van der Waals surface area contributed by atoms with Crippen LogP contribution in [0.4, 0.5) is 0 Å². The molecule has 2 aliphatic heterocycles. The Bertz CT molecular complexity index is 986. The third-order valence-corrected chi connectivity index (χ3v) is 5.96. The van der Waals surface area contributed by atoms with Crippen molar-refractivity contribution < 1.29 is 28.5 Å². The Morgan fingerprint density at radius 1 is 0.933 bits per heavy atom. The van der Waals surface area contributed by atoms with Crippen molar-refractivity contribution in [2.45, 2.75) is 32.4 Å². The number of rotatable bonds is 5. The van der Waals surface area contributed by atoms with Gasteiger partial charge in [-0.3, -0.25) is 9.69 Å². The van der Waals surface area contributed by atoms with Crippen molar-refractivity contribution in [2.75, 3.05) is 35.0 Å². The van der Waals surface area contributed by atoms with Gasteiger partial charge in [-0.25, -0.2) is 0 Å². The minimum Gasteiger partial charge on any atom is -0.493 e. The Balaban J connectivity index is 1.86. The van der Waals surface area contributed by atoms with Gasteiger partial charge in [0.05, 0.1) is 28.4 Å². The number of carbonyl (C=O) groups is 1. The lowest BCUT2D eigenvalue weighted by atomic mass is 9.83. The molecule has 0 N–H and O–H groups in total. The minimum absolute atomic E-state index is 0.0634. The second-order valence-electron chi connectivity index (χ2n) is 7.49. The number of esters is 1. The zero-order valence-electron chi connectivity index (χ0n) is 18.0. The van der Waals surface area contributed by atoms with Gasteiger partial charge in [-0.15, -0.1) is 0 Å². The first kappa shape index (κ1) is 20.3. The van der Waals surface area contributed by atoms with Gasteiger partial charge in [-0.2, -0.15) is 0 Å². The average molecular weight is 413 g/mol. The molecule has 7 heteroatoms. The van der Waals surface area contributed by atoms with Gasteiger partial charge in [0, 0.05) is 37.2 Å². The van der Waals surface area contributed by atoms with E-state index >= 15 is 0 Å². The van der Waals surface area contributed by atoms with Crippen molar-refractivity contribution in [3.8, 4) is 28.7 Å². The molecule has 0 aliphatic carbocycles. The van der Waals surface area contributed by atoms with Crippen LogP contribution in [0.2, 0.25) is 0 Å². The summed E-state index contributed by atoms with van der Waals surface area (Å²) in [5.74, 6) is 2.61. The molecule has 2 aromatic carbocycles. The molecule has 0 spiro atoms. The molecule has 2 aliphatic rings. The molecule has 0 bridgehead atoms. The molecule has 30 heavy (non-hydrogen) atoms. The van der Waals surface area contributed by atoms with E-state index < -0.39 is 0 Å². The molecular weight excluding hydrogens is 386 g/mol. The summed E-state index contributed by atoms with van der Waals surface area (Å²) in [5, 5.41) is 0. The van der Waals surface area contributed by atoms with Crippen LogP contribution in [-0.4, -0.2) is 45.9 Å². The van der Waals surface area contributed by atoms with Crippen molar-refractivity contribution in [2.24, 2.45) is 0 Å². The summed E-state index contributed by atoms with van der Waals surface area (Å²) in [6.45, 7) is 3.01. The van der Waals surface area contributed by atoms with Crippen LogP contribution in [0.25, 0.3) is 0 Å². The predicted octanol–water partition coefficient (Wildman–Crippen LogP) is 3.30. The van der Waals surface area contributed by atoms with Crippen LogP contribution in [0, 0.1) is 0 Å². The lowest BCUT2D eigenvalue weighted by Gasteiger charge is -2.42. The van der Waals surface area contributed by atoms with E-state index in [0.717, 1.165) is 54.1 Å². The Kier molecular flexibility index (Phi) is 5.47. The lowest BCUT2D eigenvalue weighted by Crippen LogP contribution is -2.40. The van der Waals surface area contributed by atoms with Gasteiger partial charge in [-0.1, -0.05) is 6.07 Å². The third-order valence-electron chi connectivity index (χ3n) is 5.96. The van der Waals surface area contributed by atoms with E-state index in [-0.39, 0.29) is 12.0 Å². The SMILES string of the molecule is COc1ccc2c(c1OC)CN1CCc3cc(OC)c(OC)c(OC(C)=O)c3[C@@H]1C2. The molecule has 0 radical (unpaired) electrons. The third kappa shape index (κ3) is 3.23. The Morgan fingerprint density at radius 2 is 1.67 bits per heavy atom. The largest absolute Gasteiger partial charge is 0.493 e. The van der Waals surface area contributed by atoms with E-state index in [9.17, 15) is 4.79 Å². The van der Waals surface area contributed by atoms with Crippen LogP contribution >= 0.6 is 0 Å². The summed E-state index contributed by atoms with van der Waals surface area (Å²) in [5.41, 5.74) is 4.46. The standard InChI is InChI=1S/C23H27NO6/c1-13(25)30-23-20-15(11-19(27-3)22(23)29-5)8-9-24-12-16-14(10-17(20)24)6-7-18(26-2)21(16)28-4/h6-7,11,17H,8-10,12H2,1-5H3/t17-/m0/s1. The molecule has 160 valence electrons. The first-order valence-corrected chi connectivity index (χ1v) is 9.95. The minimum atomic E-state index is -0.386. The number of hydrogen-bond donors (Lipinski definition) is 0. The molecule has 0 saturated carbocycles. The number of ether oxygens (including phenoxy) is 5. The predicted molar refractivity (Wildman–Crippen MR) is 111 cm³/mol. The number of methoxy groups -OCH3 is 4. The maximum absolute atomic E-state index is 11.9. The molecule has 2 heterocycles. The van der Waals surface area contributed by atoms with Crippen LogP contribution in [0.3, 0.4) is 0 Å². The van der Waals surface area contributed by atoms with Crippen molar-refractivity contribution in [3.05, 3.63) is 40.5 Å². The maximum atomic E-state index is 11.9. The average Bonchev–Trinajstić information content (AvgIpc) is 2.75. The first-order chi connectivity index (χ1) is 14.5. The fraction of sp³-hybridized carbons (Fsp3) is 0.435. The van der Waals surface area contributed by atoms with Crippen LogP contribution in [0.5, 0.6) is 28.7 Å². The van der Waals surface area contributed by atoms with Gasteiger partial charge in [-0.05, 0) is 36.1 Å². The molecule has 1 atom stereocenters. The van der Waals surface area contributed by atoms with Gasteiger partial charge < -0.3 is 23.7 Å². The summed E-state index contributed by atoms with van der Waals surface area (Å²) in [6, 6.07) is 6.10. The fourth-order valence-corrected chi connectivity index (χ4v) is 4.67. The number of benzene rings is 2. The number of hydrogen-bond acceptors (Lipinski definition) is 7. The quantitative estimate of drug-likeness (QED) is 0.550. The Morgan fingerprint density at radius 3 is 2.30 bits per heavy atom. The lowest BCUT2D eigenvalue weighted by molar-refractivity contribution is -0.132. The summed E-state index contributed by atoms with van der Waals surface area (Å²) < 4.78 is 27.9. The van der Waals surface area contributed by atoms with Crippen molar-refractivity contribution in [3.63, 3.8) is 0 Å². The molecule has 0 fully saturated rings. The topological polar surface area (TPSA) is 66.5 Å². The summed E-state index contributed by atoms with van der Waals surface area (Å²) in [4.78, 5) is 14.3. The first-order valence-electron chi connectivity index (χ1n) is 9.95. The van der Waals surface area contributed by atoms with Gasteiger partial charge in [0.25, 0.3) is 0 Å². The van der Waals surface area contributed by atoms with Crippen LogP contribution in [-0.2, 0) is 24.2 Å². The number of carbonyl (C=O) groups excluding carboxylic acids is 1. The van der Waals surface area contributed by atoms with E-state index in [1.54, 1.807) is 28.4 Å². The van der Waals surface area contributed by atoms with Crippen LogP contribution in [0.1, 0.15) is 35.2 Å². The molecule has 0 unspecified atom stereocenters. The second-order valence-corrected chi connectivity index (χ2v) is 7.49. The second kappa shape index (κ2) is 8.07. The Labute approximate surface area is 176 Å². The van der Waals surface area contributed by atoms with E-state index in [1.165, 1.54) is 12.5 Å². The highest BCUT2D eigenvalue weighted by atomic mass is 16.6. The molecular formula is C23H27NO6. The highest BCUT2D eigenvalue weighted by molar-refractivity contribution is 5.73.